The van der Waals surface area contributed by atoms with Crippen molar-refractivity contribution in [3.05, 3.63) is 54.4 Å². The number of guanidine groups is 1. The zero-order valence-electron chi connectivity index (χ0n) is 17.9. The van der Waals surface area contributed by atoms with Crippen LogP contribution in [0.3, 0.4) is 0 Å². The van der Waals surface area contributed by atoms with Crippen LogP contribution in [-0.4, -0.2) is 37.2 Å². The summed E-state index contributed by atoms with van der Waals surface area (Å²) in [4.78, 5) is 8.71. The molecule has 2 heterocycles. The van der Waals surface area contributed by atoms with Crippen LogP contribution >= 0.6 is 0 Å². The number of sulfone groups is 1. The Bertz CT molecular complexity index is 1080. The van der Waals surface area contributed by atoms with Gasteiger partial charge in [-0.1, -0.05) is 25.0 Å². The first kappa shape index (κ1) is 22.2. The van der Waals surface area contributed by atoms with Crippen molar-refractivity contribution < 1.29 is 8.42 Å². The molecule has 8 nitrogen and oxygen atoms in total. The van der Waals surface area contributed by atoms with Crippen molar-refractivity contribution in [2.45, 2.75) is 54.8 Å². The smallest absolute Gasteiger partial charge is 0.209 e. The Labute approximate surface area is 189 Å². The molecule has 2 aromatic rings. The number of benzene rings is 1. The van der Waals surface area contributed by atoms with Gasteiger partial charge in [0.15, 0.2) is 16.0 Å². The second kappa shape index (κ2) is 10.1. The predicted molar refractivity (Wildman–Crippen MR) is 124 cm³/mol. The van der Waals surface area contributed by atoms with Gasteiger partial charge in [-0.25, -0.2) is 13.4 Å². The molecule has 1 aliphatic heterocycles. The molecule has 3 N–H and O–H groups in total. The van der Waals surface area contributed by atoms with Crippen molar-refractivity contribution in [1.29, 1.82) is 5.26 Å². The van der Waals surface area contributed by atoms with Crippen molar-refractivity contribution >= 4 is 21.5 Å². The van der Waals surface area contributed by atoms with Crippen LogP contribution in [-0.2, 0) is 16.4 Å². The normalized spacial score (nSPS) is 23.6. The lowest BCUT2D eigenvalue weighted by molar-refractivity contribution is 0.213. The van der Waals surface area contributed by atoms with E-state index in [4.69, 9.17) is 5.26 Å². The van der Waals surface area contributed by atoms with E-state index in [-0.39, 0.29) is 5.25 Å². The van der Waals surface area contributed by atoms with Gasteiger partial charge in [0.25, 0.3) is 0 Å². The molecule has 32 heavy (non-hydrogen) atoms. The largest absolute Gasteiger partial charge is 0.325 e. The number of nitrogens with zero attached hydrogens (tertiary/aromatic N) is 3. The lowest BCUT2D eigenvalue weighted by Crippen LogP contribution is -2.51. The van der Waals surface area contributed by atoms with Gasteiger partial charge in [0.2, 0.25) is 5.96 Å². The minimum Gasteiger partial charge on any atom is -0.325 e. The Morgan fingerprint density at radius 1 is 1.16 bits per heavy atom. The van der Waals surface area contributed by atoms with Gasteiger partial charge in [-0.2, -0.15) is 5.26 Å². The number of piperidine rings is 1. The number of hydrogen-bond donors (Lipinski definition) is 3. The fourth-order valence-corrected chi connectivity index (χ4v) is 6.30. The van der Waals surface area contributed by atoms with Gasteiger partial charge >= 0.3 is 0 Å². The molecular formula is C23H28N6O2S. The fraction of sp³-hybridized carbons (Fsp3) is 0.435. The number of nitrogens with one attached hydrogen (secondary N) is 3. The van der Waals surface area contributed by atoms with Crippen LogP contribution in [0, 0.1) is 17.4 Å². The average Bonchev–Trinajstić information content (AvgIpc) is 2.83. The van der Waals surface area contributed by atoms with E-state index in [0.29, 0.717) is 35.9 Å². The first-order chi connectivity index (χ1) is 15.6. The summed E-state index contributed by atoms with van der Waals surface area (Å²) >= 11 is 0. The number of fused-ring (bicyclic) bond motifs is 1. The van der Waals surface area contributed by atoms with E-state index >= 15 is 0 Å². The maximum atomic E-state index is 13.2. The van der Waals surface area contributed by atoms with E-state index in [0.717, 1.165) is 30.5 Å². The summed E-state index contributed by atoms with van der Waals surface area (Å²) in [5, 5.41) is 17.6. The van der Waals surface area contributed by atoms with Crippen molar-refractivity contribution in [2.24, 2.45) is 10.9 Å². The zero-order chi connectivity index (χ0) is 22.4. The van der Waals surface area contributed by atoms with Gasteiger partial charge in [0.05, 0.1) is 16.7 Å². The maximum absolute atomic E-state index is 13.2. The molecule has 2 aliphatic rings. The molecule has 0 bridgehead atoms. The Morgan fingerprint density at radius 3 is 2.66 bits per heavy atom. The molecule has 1 aliphatic carbocycles. The highest BCUT2D eigenvalue weighted by Crippen LogP contribution is 2.34. The van der Waals surface area contributed by atoms with Crippen molar-refractivity contribution in [2.75, 3.05) is 11.9 Å². The van der Waals surface area contributed by atoms with E-state index < -0.39 is 9.84 Å². The van der Waals surface area contributed by atoms with E-state index in [9.17, 15) is 8.42 Å². The van der Waals surface area contributed by atoms with Crippen LogP contribution in [0.15, 0.2) is 58.7 Å². The molecule has 1 saturated carbocycles. The summed E-state index contributed by atoms with van der Waals surface area (Å²) in [6.45, 7) is 0.830. The predicted octanol–water partition coefficient (Wildman–Crippen LogP) is 2.81. The number of pyridine rings is 1. The highest BCUT2D eigenvalue weighted by Gasteiger charge is 2.38. The SMILES string of the molecule is N#CNC(=NCc1ccc(S(=O)(=O)C2CNC3CCCCC3C2)cc1)Nc1ccncc1. The second-order valence-corrected chi connectivity index (χ2v) is 10.6. The van der Waals surface area contributed by atoms with Crippen molar-refractivity contribution in [3.63, 3.8) is 0 Å². The van der Waals surface area contributed by atoms with E-state index in [1.165, 1.54) is 12.8 Å². The molecule has 0 radical (unpaired) electrons. The van der Waals surface area contributed by atoms with E-state index in [2.05, 4.69) is 25.9 Å². The van der Waals surface area contributed by atoms with Gasteiger partial charge < -0.3 is 10.6 Å². The minimum absolute atomic E-state index is 0.303. The molecule has 0 amide bonds. The van der Waals surface area contributed by atoms with E-state index in [1.807, 2.05) is 6.19 Å². The minimum atomic E-state index is -3.38. The molecule has 1 aromatic carbocycles. The highest BCUT2D eigenvalue weighted by molar-refractivity contribution is 7.92. The molecule has 2 fully saturated rings. The average molecular weight is 453 g/mol. The van der Waals surface area contributed by atoms with Crippen LogP contribution in [0.5, 0.6) is 0 Å². The molecule has 1 aromatic heterocycles. The van der Waals surface area contributed by atoms with Gasteiger partial charge in [0, 0.05) is 30.7 Å². The Hall–Kier alpha value is -2.96. The molecule has 4 rings (SSSR count). The first-order valence-electron chi connectivity index (χ1n) is 11.0. The Balaban J connectivity index is 1.41. The van der Waals surface area contributed by atoms with Crippen LogP contribution in [0.4, 0.5) is 5.69 Å². The number of aliphatic imine (C=N–C) groups is 1. The zero-order valence-corrected chi connectivity index (χ0v) is 18.7. The standard InChI is InChI=1S/C23H28N6O2S/c24-16-28-23(29-19-9-11-25-12-10-19)27-14-17-5-7-20(8-6-17)32(30,31)21-13-18-3-1-2-4-22(18)26-15-21/h5-12,18,21-22,26H,1-4,13-15H2,(H2,25,27,28,29). The fourth-order valence-electron chi connectivity index (χ4n) is 4.58. The maximum Gasteiger partial charge on any atom is 0.209 e. The number of hydrogen-bond acceptors (Lipinski definition) is 6. The lowest BCUT2D eigenvalue weighted by Gasteiger charge is -2.39. The van der Waals surface area contributed by atoms with E-state index in [1.54, 1.807) is 48.8 Å². The molecule has 168 valence electrons. The highest BCUT2D eigenvalue weighted by atomic mass is 32.2. The van der Waals surface area contributed by atoms with Crippen LogP contribution in [0.2, 0.25) is 0 Å². The third-order valence-electron chi connectivity index (χ3n) is 6.31. The quantitative estimate of drug-likeness (QED) is 0.276. The Kier molecular flexibility index (Phi) is 7.02. The number of aromatic nitrogens is 1. The first-order valence-corrected chi connectivity index (χ1v) is 12.5. The Morgan fingerprint density at radius 2 is 1.91 bits per heavy atom. The monoisotopic (exact) mass is 452 g/mol. The summed E-state index contributed by atoms with van der Waals surface area (Å²) in [5.41, 5.74) is 1.61. The van der Waals surface area contributed by atoms with Crippen LogP contribution < -0.4 is 16.0 Å². The number of anilines is 1. The third-order valence-corrected chi connectivity index (χ3v) is 8.48. The molecule has 9 heteroatoms. The van der Waals surface area contributed by atoms with Crippen molar-refractivity contribution in [1.82, 2.24) is 15.6 Å². The summed E-state index contributed by atoms with van der Waals surface area (Å²) in [5.74, 6) is 0.774. The summed E-state index contributed by atoms with van der Waals surface area (Å²) < 4.78 is 26.4. The lowest BCUT2D eigenvalue weighted by atomic mass is 9.79. The van der Waals surface area contributed by atoms with Gasteiger partial charge in [-0.3, -0.25) is 10.3 Å². The van der Waals surface area contributed by atoms with Crippen LogP contribution in [0.25, 0.3) is 0 Å². The molecule has 3 unspecified atom stereocenters. The number of rotatable bonds is 5. The topological polar surface area (TPSA) is 119 Å². The summed E-state index contributed by atoms with van der Waals surface area (Å²) in [6.07, 6.45) is 10.6. The molecule has 0 spiro atoms. The summed E-state index contributed by atoms with van der Waals surface area (Å²) in [7, 11) is -3.38. The molecule has 1 saturated heterocycles. The number of nitriles is 1. The molecular weight excluding hydrogens is 424 g/mol. The third kappa shape index (κ3) is 5.26. The van der Waals surface area contributed by atoms with Gasteiger partial charge in [0.1, 0.15) is 0 Å². The van der Waals surface area contributed by atoms with Crippen LogP contribution in [0.1, 0.15) is 37.7 Å². The molecule has 3 atom stereocenters. The van der Waals surface area contributed by atoms with Crippen molar-refractivity contribution in [3.8, 4) is 6.19 Å². The van der Waals surface area contributed by atoms with Gasteiger partial charge in [-0.05, 0) is 55.0 Å². The second-order valence-electron chi connectivity index (χ2n) is 8.37. The van der Waals surface area contributed by atoms with Gasteiger partial charge in [-0.15, -0.1) is 0 Å². The summed E-state index contributed by atoms with van der Waals surface area (Å²) in [6, 6.07) is 10.9.